The summed E-state index contributed by atoms with van der Waals surface area (Å²) in [6.07, 6.45) is 21.4. The van der Waals surface area contributed by atoms with Crippen molar-refractivity contribution in [1.82, 2.24) is 30.1 Å². The van der Waals surface area contributed by atoms with Crippen molar-refractivity contribution >= 4 is 43.1 Å². The molecule has 0 spiro atoms. The first kappa shape index (κ1) is 58.6. The number of carbonyl (C=O) groups is 2. The number of ether oxygens (including phenoxy) is 2. The molecular weight excluding hydrogens is 1070 g/mol. The van der Waals surface area contributed by atoms with Crippen molar-refractivity contribution < 1.29 is 28.6 Å². The maximum atomic E-state index is 12.7. The number of hydrogen-bond donors (Lipinski definition) is 2. The summed E-state index contributed by atoms with van der Waals surface area (Å²) in [7, 11) is -1.64. The number of unbranched alkanes of at least 4 members (excludes halogenated alkanes) is 4. The highest BCUT2D eigenvalue weighted by molar-refractivity contribution is 14.1. The number of halogens is 1. The van der Waals surface area contributed by atoms with Crippen molar-refractivity contribution in [3.63, 3.8) is 0 Å². The van der Waals surface area contributed by atoms with Crippen molar-refractivity contribution in [3.8, 4) is 23.7 Å². The van der Waals surface area contributed by atoms with Crippen LogP contribution < -0.4 is 5.32 Å². The van der Waals surface area contributed by atoms with Crippen molar-refractivity contribution in [3.05, 3.63) is 86.8 Å². The second-order valence-corrected chi connectivity index (χ2v) is 31.1. The zero-order valence-electron chi connectivity index (χ0n) is 47.0. The smallest absolute Gasteiger partial charge is 0.410 e. The average molecular weight is 1160 g/mol. The minimum absolute atomic E-state index is 0.157. The Hall–Kier alpha value is -4.06. The number of nitrogens with zero attached hydrogens (tertiary/aromatic N) is 5. The van der Waals surface area contributed by atoms with Crippen LogP contribution in [0.5, 0.6) is 0 Å². The van der Waals surface area contributed by atoms with Crippen LogP contribution >= 0.6 is 22.6 Å². The molecule has 0 aromatic carbocycles. The molecule has 12 nitrogen and oxygen atoms in total. The lowest BCUT2D eigenvalue weighted by Crippen LogP contribution is -2.40. The third-order valence-corrected chi connectivity index (χ3v) is 21.5. The number of aliphatic hydroxyl groups excluding tert-OH is 1. The summed E-state index contributed by atoms with van der Waals surface area (Å²) in [6.45, 7) is 24.0. The highest BCUT2D eigenvalue weighted by atomic mass is 127. The van der Waals surface area contributed by atoms with E-state index in [1.807, 2.05) is 88.1 Å². The van der Waals surface area contributed by atoms with E-state index < -0.39 is 19.5 Å². The van der Waals surface area contributed by atoms with Crippen LogP contribution in [-0.2, 0) is 13.9 Å². The molecule has 6 aliphatic heterocycles. The Morgan fingerprint density at radius 3 is 1.56 bits per heavy atom. The summed E-state index contributed by atoms with van der Waals surface area (Å²) in [5, 5.41) is 12.6. The van der Waals surface area contributed by atoms with E-state index in [1.54, 1.807) is 0 Å². The number of nitrogens with one attached hydrogen (secondary N) is 1. The van der Waals surface area contributed by atoms with E-state index in [4.69, 9.17) is 19.0 Å². The van der Waals surface area contributed by atoms with Crippen LogP contribution in [0, 0.1) is 27.4 Å². The molecule has 0 saturated carbocycles. The Morgan fingerprint density at radius 2 is 1.15 bits per heavy atom. The average Bonchev–Trinajstić information content (AvgIpc) is 4.23. The van der Waals surface area contributed by atoms with Crippen LogP contribution in [0.4, 0.5) is 9.59 Å². The highest BCUT2D eigenvalue weighted by Gasteiger charge is 2.51. The Morgan fingerprint density at radius 1 is 0.653 bits per heavy atom. The van der Waals surface area contributed by atoms with Gasteiger partial charge in [-0.2, -0.15) is 0 Å². The molecule has 0 radical (unpaired) electrons. The molecule has 3 aromatic heterocycles. The van der Waals surface area contributed by atoms with Crippen molar-refractivity contribution in [2.75, 3.05) is 13.2 Å². The third-order valence-electron chi connectivity index (χ3n) is 16.3. The van der Waals surface area contributed by atoms with Crippen LogP contribution in [0.15, 0.2) is 55.0 Å². The largest absolute Gasteiger partial charge is 0.444 e. The van der Waals surface area contributed by atoms with Gasteiger partial charge in [0.25, 0.3) is 0 Å². The van der Waals surface area contributed by atoms with Crippen molar-refractivity contribution in [2.24, 2.45) is 0 Å². The molecule has 6 saturated heterocycles. The molecule has 6 fully saturated rings. The van der Waals surface area contributed by atoms with Crippen molar-refractivity contribution in [1.29, 1.82) is 0 Å². The fraction of sp³-hybridized carbons (Fsp3) is 0.656. The highest BCUT2D eigenvalue weighted by Crippen LogP contribution is 2.49. The standard InChI is InChI=1S/C28H44N2O3Si.C17H22N2O.C16H21IN2O2/c1-27(2,3)33-26(31)30-23-16-17-25(30)24(19-23)21-14-15-22(29-20-21)13-11-9-10-12-18-32-34(7,8)28(4,5)6;20-10-4-2-1-3-5-14-7-6-13(12-18-14)16-11-15-8-9-17(16)19-15;1-16(2,3)21-15(20)19-11-5-6-13(19)12(8-11)10-4-7-14(17)18-9-10/h14-15,20,23-25H,9-10,12,16-19H2,1-8H3;6-7,12,15-17,19-20H,1-2,4,8-11H2;4,7,9,11-13H,5-6,8H2,1-3H3. The molecule has 9 unspecified atom stereocenters. The number of aromatic nitrogens is 3. The van der Waals surface area contributed by atoms with Gasteiger partial charge in [0.2, 0.25) is 0 Å². The Balaban J connectivity index is 0.000000173. The van der Waals surface area contributed by atoms with Crippen LogP contribution in [0.1, 0.15) is 204 Å². The predicted octanol–water partition coefficient (Wildman–Crippen LogP) is 13.0. The van der Waals surface area contributed by atoms with Gasteiger partial charge in [-0.15, -0.1) is 0 Å². The van der Waals surface area contributed by atoms with Gasteiger partial charge in [0.15, 0.2) is 8.32 Å². The first-order valence-electron chi connectivity index (χ1n) is 28.0. The van der Waals surface area contributed by atoms with E-state index in [2.05, 4.69) is 119 Å². The first-order chi connectivity index (χ1) is 35.5. The van der Waals surface area contributed by atoms with Gasteiger partial charge < -0.3 is 34.1 Å². The molecular formula is C61H87IN6O6Si. The second-order valence-electron chi connectivity index (χ2n) is 25.2. The normalized spacial score (nSPS) is 25.3. The molecule has 2 amide bonds. The second kappa shape index (κ2) is 25.6. The number of pyridine rings is 3. The molecule has 9 rings (SSSR count). The SMILES string of the molecule is CC(C)(C)OC(=O)N1C2CCC1C(c1ccc(C#CCCCCO[Si](C)(C)C(C)(C)C)nc1)C2.CC(C)(C)OC(=O)N1C2CCC1C(c1ccc(I)nc1)C2.OCCCCC#Cc1ccc(C2CC3CCC2N3)cn1. The van der Waals surface area contributed by atoms with Gasteiger partial charge >= 0.3 is 12.2 Å². The van der Waals surface area contributed by atoms with Gasteiger partial charge in [-0.1, -0.05) is 50.8 Å². The Bertz CT molecular complexity index is 2480. The van der Waals surface area contributed by atoms with Crippen molar-refractivity contribution in [2.45, 2.75) is 242 Å². The minimum Gasteiger partial charge on any atom is -0.444 e. The van der Waals surface area contributed by atoms with E-state index in [0.717, 1.165) is 105 Å². The van der Waals surface area contributed by atoms with E-state index in [0.29, 0.717) is 29.8 Å². The molecule has 0 aliphatic carbocycles. The summed E-state index contributed by atoms with van der Waals surface area (Å²) in [6, 6.07) is 15.1. The minimum atomic E-state index is -1.64. The topological polar surface area (TPSA) is 139 Å². The Labute approximate surface area is 464 Å². The summed E-state index contributed by atoms with van der Waals surface area (Å²) < 4.78 is 18.5. The van der Waals surface area contributed by atoms with Gasteiger partial charge in [-0.05, 0) is 212 Å². The van der Waals surface area contributed by atoms with E-state index in [1.165, 1.54) is 36.0 Å². The van der Waals surface area contributed by atoms with E-state index in [9.17, 15) is 9.59 Å². The zero-order valence-corrected chi connectivity index (χ0v) is 50.2. The predicted molar refractivity (Wildman–Crippen MR) is 309 cm³/mol. The number of hydrogen-bond acceptors (Lipinski definition) is 10. The molecule has 3 aromatic rings. The molecule has 6 bridgehead atoms. The van der Waals surface area contributed by atoms with Gasteiger partial charge in [0, 0.05) is 98.7 Å². The summed E-state index contributed by atoms with van der Waals surface area (Å²) in [5.74, 6) is 14.1. The quantitative estimate of drug-likeness (QED) is 0.0627. The van der Waals surface area contributed by atoms with Crippen LogP contribution in [0.3, 0.4) is 0 Å². The van der Waals surface area contributed by atoms with Gasteiger partial charge in [0.05, 0.1) is 0 Å². The zero-order chi connectivity index (χ0) is 54.1. The van der Waals surface area contributed by atoms with Crippen LogP contribution in [-0.4, -0.2) is 111 Å². The lowest BCUT2D eigenvalue weighted by molar-refractivity contribution is 0.0201. The fourth-order valence-corrected chi connectivity index (χ4v) is 13.0. The van der Waals surface area contributed by atoms with Gasteiger partial charge in [0.1, 0.15) is 26.3 Å². The summed E-state index contributed by atoms with van der Waals surface area (Å²) >= 11 is 2.22. The maximum Gasteiger partial charge on any atom is 0.410 e. The molecule has 408 valence electrons. The summed E-state index contributed by atoms with van der Waals surface area (Å²) in [5.41, 5.74) is 4.58. The molecule has 75 heavy (non-hydrogen) atoms. The fourth-order valence-electron chi connectivity index (χ4n) is 11.6. The van der Waals surface area contributed by atoms with Gasteiger partial charge in [-0.25, -0.2) is 19.6 Å². The maximum absolute atomic E-state index is 12.7. The lowest BCUT2D eigenvalue weighted by Gasteiger charge is -2.36. The lowest BCUT2D eigenvalue weighted by atomic mass is 9.84. The molecule has 9 atom stereocenters. The molecule has 14 heteroatoms. The number of rotatable bonds is 11. The first-order valence-corrected chi connectivity index (χ1v) is 32.0. The number of fused-ring (bicyclic) bond motifs is 6. The monoisotopic (exact) mass is 1150 g/mol. The number of amides is 2. The van der Waals surface area contributed by atoms with E-state index >= 15 is 0 Å². The van der Waals surface area contributed by atoms with Crippen LogP contribution in [0.2, 0.25) is 18.1 Å². The molecule has 9 heterocycles. The molecule has 2 N–H and O–H groups in total. The Kier molecular flexibility index (Phi) is 20.0. The molecule has 6 aliphatic rings. The van der Waals surface area contributed by atoms with Crippen LogP contribution in [0.25, 0.3) is 0 Å². The van der Waals surface area contributed by atoms with E-state index in [-0.39, 0.29) is 42.0 Å². The number of aliphatic hydroxyl groups is 1. The summed E-state index contributed by atoms with van der Waals surface area (Å²) in [4.78, 5) is 42.6. The van der Waals surface area contributed by atoms with Gasteiger partial charge in [-0.3, -0.25) is 4.98 Å². The number of carbonyl (C=O) groups excluding carboxylic acids is 2. The third kappa shape index (κ3) is 16.0.